The van der Waals surface area contributed by atoms with Crippen molar-refractivity contribution < 1.29 is 19.8 Å². The van der Waals surface area contributed by atoms with Gasteiger partial charge in [-0.3, -0.25) is 9.59 Å². The molecule has 0 aliphatic carbocycles. The van der Waals surface area contributed by atoms with Crippen LogP contribution < -0.4 is 0 Å². The third-order valence-electron chi connectivity index (χ3n) is 2.17. The molecule has 0 saturated carbocycles. The number of aliphatic carboxylic acids is 2. The Labute approximate surface area is 87.0 Å². The van der Waals surface area contributed by atoms with E-state index in [2.05, 4.69) is 0 Å². The second kappa shape index (κ2) is 5.19. The van der Waals surface area contributed by atoms with Crippen LogP contribution in [0.5, 0.6) is 0 Å². The lowest BCUT2D eigenvalue weighted by Crippen LogP contribution is -2.23. The number of rotatable bonds is 6. The van der Waals surface area contributed by atoms with E-state index in [1.165, 1.54) is 0 Å². The molecule has 0 fully saturated rings. The monoisotopic (exact) mass is 211 g/mol. The molecular weight excluding hydrogens is 198 g/mol. The third-order valence-corrected chi connectivity index (χ3v) is 2.17. The van der Waals surface area contributed by atoms with E-state index in [0.29, 0.717) is 13.0 Å². The summed E-state index contributed by atoms with van der Waals surface area (Å²) >= 11 is 0. The second-order valence-corrected chi connectivity index (χ2v) is 3.29. The lowest BCUT2D eigenvalue weighted by Gasteiger charge is -2.07. The number of aryl methyl sites for hydroxylation is 1. The highest BCUT2D eigenvalue weighted by atomic mass is 16.4. The number of hydrogen-bond donors (Lipinski definition) is 2. The summed E-state index contributed by atoms with van der Waals surface area (Å²) in [6.45, 7) is 0.643. The second-order valence-electron chi connectivity index (χ2n) is 3.29. The van der Waals surface area contributed by atoms with Gasteiger partial charge in [-0.25, -0.2) is 0 Å². The first-order valence-electron chi connectivity index (χ1n) is 4.67. The third kappa shape index (κ3) is 3.46. The molecule has 15 heavy (non-hydrogen) atoms. The Kier molecular flexibility index (Phi) is 3.91. The fraction of sp³-hybridized carbons (Fsp3) is 0.400. The minimum atomic E-state index is -1.29. The summed E-state index contributed by atoms with van der Waals surface area (Å²) in [7, 11) is 0. The Balaban J connectivity index is 2.35. The average Bonchev–Trinajstić information content (AvgIpc) is 2.63. The molecular formula is C10H13NO4. The summed E-state index contributed by atoms with van der Waals surface area (Å²) in [6, 6.07) is 3.73. The molecule has 0 aliphatic rings. The highest BCUT2D eigenvalue weighted by Gasteiger charge is 2.24. The van der Waals surface area contributed by atoms with E-state index in [1.54, 1.807) is 0 Å². The summed E-state index contributed by atoms with van der Waals surface area (Å²) in [4.78, 5) is 21.1. The van der Waals surface area contributed by atoms with Crippen LogP contribution in [0.3, 0.4) is 0 Å². The Morgan fingerprint density at radius 3 is 2.13 bits per heavy atom. The van der Waals surface area contributed by atoms with Crippen LogP contribution in [0.25, 0.3) is 0 Å². The van der Waals surface area contributed by atoms with Crippen molar-refractivity contribution >= 4 is 11.9 Å². The Morgan fingerprint density at radius 2 is 1.67 bits per heavy atom. The number of nitrogens with zero attached hydrogens (tertiary/aromatic N) is 1. The van der Waals surface area contributed by atoms with E-state index in [4.69, 9.17) is 10.2 Å². The fourth-order valence-electron chi connectivity index (χ4n) is 1.35. The lowest BCUT2D eigenvalue weighted by atomic mass is 10.0. The minimum absolute atomic E-state index is 0.156. The maximum absolute atomic E-state index is 10.5. The highest BCUT2D eigenvalue weighted by molar-refractivity contribution is 5.92. The molecule has 2 N–H and O–H groups in total. The molecule has 0 aliphatic heterocycles. The first kappa shape index (κ1) is 11.3. The molecule has 0 unspecified atom stereocenters. The van der Waals surface area contributed by atoms with Gasteiger partial charge in [0.15, 0.2) is 5.92 Å². The van der Waals surface area contributed by atoms with Crippen LogP contribution in [-0.4, -0.2) is 26.7 Å². The van der Waals surface area contributed by atoms with Gasteiger partial charge >= 0.3 is 11.9 Å². The molecule has 0 radical (unpaired) electrons. The van der Waals surface area contributed by atoms with Crippen molar-refractivity contribution in [3.8, 4) is 0 Å². The molecule has 0 aromatic carbocycles. The zero-order valence-corrected chi connectivity index (χ0v) is 8.17. The van der Waals surface area contributed by atoms with Gasteiger partial charge in [0, 0.05) is 18.9 Å². The first-order chi connectivity index (χ1) is 7.11. The van der Waals surface area contributed by atoms with E-state index in [9.17, 15) is 9.59 Å². The van der Waals surface area contributed by atoms with Crippen molar-refractivity contribution in [2.24, 2.45) is 5.92 Å². The number of carboxylic acids is 2. The van der Waals surface area contributed by atoms with Gasteiger partial charge in [0.1, 0.15) is 0 Å². The molecule has 5 heteroatoms. The molecule has 1 rings (SSSR count). The summed E-state index contributed by atoms with van der Waals surface area (Å²) < 4.78 is 1.89. The van der Waals surface area contributed by atoms with Gasteiger partial charge in [-0.1, -0.05) is 0 Å². The van der Waals surface area contributed by atoms with E-state index >= 15 is 0 Å². The van der Waals surface area contributed by atoms with Gasteiger partial charge in [-0.2, -0.15) is 0 Å². The topological polar surface area (TPSA) is 79.5 Å². The Bertz CT molecular complexity index is 317. The van der Waals surface area contributed by atoms with E-state index in [1.807, 2.05) is 29.1 Å². The van der Waals surface area contributed by atoms with Crippen LogP contribution >= 0.6 is 0 Å². The van der Waals surface area contributed by atoms with Gasteiger partial charge in [-0.05, 0) is 25.0 Å². The summed E-state index contributed by atoms with van der Waals surface area (Å²) in [5.74, 6) is -3.83. The van der Waals surface area contributed by atoms with Gasteiger partial charge in [-0.15, -0.1) is 0 Å². The zero-order chi connectivity index (χ0) is 11.3. The summed E-state index contributed by atoms with van der Waals surface area (Å²) in [5, 5.41) is 17.2. The van der Waals surface area contributed by atoms with Gasteiger partial charge in [0.25, 0.3) is 0 Å². The lowest BCUT2D eigenvalue weighted by molar-refractivity contribution is -0.154. The minimum Gasteiger partial charge on any atom is -0.481 e. The standard InChI is InChI=1S/C10H13NO4/c12-9(13)8(10(14)15)4-3-7-11-5-1-2-6-11/h1-2,5-6,8H,3-4,7H2,(H,12,13)(H,14,15). The zero-order valence-electron chi connectivity index (χ0n) is 8.17. The van der Waals surface area contributed by atoms with Crippen molar-refractivity contribution in [3.05, 3.63) is 24.5 Å². The largest absolute Gasteiger partial charge is 0.481 e. The molecule has 0 atom stereocenters. The predicted octanol–water partition coefficient (Wildman–Crippen LogP) is 1.05. The van der Waals surface area contributed by atoms with Gasteiger partial charge < -0.3 is 14.8 Å². The summed E-state index contributed by atoms with van der Waals surface area (Å²) in [6.07, 6.45) is 4.41. The van der Waals surface area contributed by atoms with Crippen molar-refractivity contribution in [2.45, 2.75) is 19.4 Å². The van der Waals surface area contributed by atoms with Crippen LogP contribution in [0.2, 0.25) is 0 Å². The molecule has 0 amide bonds. The molecule has 5 nitrogen and oxygen atoms in total. The van der Waals surface area contributed by atoms with Crippen molar-refractivity contribution in [1.29, 1.82) is 0 Å². The van der Waals surface area contributed by atoms with Crippen molar-refractivity contribution in [3.63, 3.8) is 0 Å². The smallest absolute Gasteiger partial charge is 0.317 e. The van der Waals surface area contributed by atoms with Crippen LogP contribution in [0.1, 0.15) is 12.8 Å². The SMILES string of the molecule is O=C(O)C(CCCn1cccc1)C(=O)O. The number of aromatic nitrogens is 1. The van der Waals surface area contributed by atoms with E-state index in [0.717, 1.165) is 0 Å². The predicted molar refractivity (Wildman–Crippen MR) is 52.4 cm³/mol. The van der Waals surface area contributed by atoms with Crippen molar-refractivity contribution in [2.75, 3.05) is 0 Å². The molecule has 1 aromatic rings. The average molecular weight is 211 g/mol. The molecule has 0 bridgehead atoms. The van der Waals surface area contributed by atoms with Gasteiger partial charge in [0.2, 0.25) is 0 Å². The van der Waals surface area contributed by atoms with E-state index in [-0.39, 0.29) is 6.42 Å². The molecule has 0 spiro atoms. The fourth-order valence-corrected chi connectivity index (χ4v) is 1.35. The van der Waals surface area contributed by atoms with E-state index < -0.39 is 17.9 Å². The van der Waals surface area contributed by atoms with Crippen LogP contribution in [0.15, 0.2) is 24.5 Å². The molecule has 1 aromatic heterocycles. The normalized spacial score (nSPS) is 10.5. The van der Waals surface area contributed by atoms with Gasteiger partial charge in [0.05, 0.1) is 0 Å². The molecule has 0 saturated heterocycles. The van der Waals surface area contributed by atoms with Crippen LogP contribution in [0.4, 0.5) is 0 Å². The first-order valence-corrected chi connectivity index (χ1v) is 4.67. The molecule has 1 heterocycles. The Hall–Kier alpha value is -1.78. The summed E-state index contributed by atoms with van der Waals surface area (Å²) in [5.41, 5.74) is 0. The number of carboxylic acid groups (broad SMARTS) is 2. The maximum atomic E-state index is 10.5. The number of hydrogen-bond acceptors (Lipinski definition) is 2. The van der Waals surface area contributed by atoms with Crippen LogP contribution in [-0.2, 0) is 16.1 Å². The quantitative estimate of drug-likeness (QED) is 0.689. The number of carbonyl (C=O) groups is 2. The van der Waals surface area contributed by atoms with Crippen molar-refractivity contribution in [1.82, 2.24) is 4.57 Å². The highest BCUT2D eigenvalue weighted by Crippen LogP contribution is 2.08. The molecule has 82 valence electrons. The Morgan fingerprint density at radius 1 is 1.13 bits per heavy atom. The maximum Gasteiger partial charge on any atom is 0.317 e. The van der Waals surface area contributed by atoms with Crippen LogP contribution in [0, 0.1) is 5.92 Å².